The molecule has 0 spiro atoms. The summed E-state index contributed by atoms with van der Waals surface area (Å²) >= 11 is 7.93. The monoisotopic (exact) mass is 413 g/mol. The number of carbonyl (C=O) groups is 1. The van der Waals surface area contributed by atoms with E-state index in [0.29, 0.717) is 26.9 Å². The number of hydrogen-bond acceptors (Lipinski definition) is 6. The summed E-state index contributed by atoms with van der Waals surface area (Å²) in [5.74, 6) is 0.393. The Bertz CT molecular complexity index is 1180. The molecule has 0 aliphatic carbocycles. The van der Waals surface area contributed by atoms with Crippen LogP contribution >= 0.6 is 22.9 Å². The molecule has 28 heavy (non-hydrogen) atoms. The Balaban J connectivity index is 1.75. The normalized spacial score (nSPS) is 11.0. The van der Waals surface area contributed by atoms with Crippen molar-refractivity contribution in [3.8, 4) is 11.4 Å². The van der Waals surface area contributed by atoms with Gasteiger partial charge in [-0.3, -0.25) is 10.1 Å². The fourth-order valence-electron chi connectivity index (χ4n) is 2.85. The van der Waals surface area contributed by atoms with Crippen LogP contribution in [0.15, 0.2) is 35.8 Å². The zero-order valence-corrected chi connectivity index (χ0v) is 16.9. The Kier molecular flexibility index (Phi) is 4.74. The van der Waals surface area contributed by atoms with Crippen molar-refractivity contribution in [2.45, 2.75) is 13.8 Å². The minimum absolute atomic E-state index is 0.277. The second-order valence-electron chi connectivity index (χ2n) is 6.13. The first-order valence-corrected chi connectivity index (χ1v) is 9.65. The van der Waals surface area contributed by atoms with E-state index in [-0.39, 0.29) is 11.5 Å². The molecule has 0 saturated carbocycles. The minimum atomic E-state index is -0.356. The molecule has 1 N–H and O–H groups in total. The van der Waals surface area contributed by atoms with Crippen LogP contribution in [0.4, 0.5) is 5.13 Å². The first kappa shape index (κ1) is 18.4. The fourth-order valence-corrected chi connectivity index (χ4v) is 3.88. The third kappa shape index (κ3) is 3.21. The van der Waals surface area contributed by atoms with Gasteiger partial charge in [0, 0.05) is 11.6 Å². The lowest BCUT2D eigenvalue weighted by molar-refractivity contribution is 0.102. The molecule has 0 radical (unpaired) electrons. The smallest absolute Gasteiger partial charge is 0.260 e. The van der Waals surface area contributed by atoms with Gasteiger partial charge in [0.2, 0.25) is 0 Å². The molecule has 1 aromatic carbocycles. The Morgan fingerprint density at radius 1 is 1.25 bits per heavy atom. The van der Waals surface area contributed by atoms with Crippen molar-refractivity contribution in [1.29, 1.82) is 0 Å². The second-order valence-corrected chi connectivity index (χ2v) is 7.36. The number of ether oxygens (including phenoxy) is 1. The number of methoxy groups -OCH3 is 1. The standard InChI is InChI=1S/C19H16ClN5O2S/c1-10-9-28-19(22-10)23-18(26)14-8-21-17-15(16(14)20)11(2)24-25(17)12-4-6-13(27-3)7-5-12/h4-9H,1-3H3,(H,22,23,26). The van der Waals surface area contributed by atoms with Gasteiger partial charge in [0.1, 0.15) is 5.75 Å². The summed E-state index contributed by atoms with van der Waals surface area (Å²) in [5.41, 5.74) is 3.20. The van der Waals surface area contributed by atoms with Gasteiger partial charge in [-0.15, -0.1) is 11.3 Å². The maximum Gasteiger partial charge on any atom is 0.260 e. The van der Waals surface area contributed by atoms with Crippen molar-refractivity contribution < 1.29 is 9.53 Å². The quantitative estimate of drug-likeness (QED) is 0.536. The van der Waals surface area contributed by atoms with Crippen molar-refractivity contribution >= 4 is 45.0 Å². The number of nitrogens with one attached hydrogen (secondary N) is 1. The molecule has 9 heteroatoms. The van der Waals surface area contributed by atoms with Crippen molar-refractivity contribution in [1.82, 2.24) is 19.7 Å². The topological polar surface area (TPSA) is 81.9 Å². The van der Waals surface area contributed by atoms with Crippen LogP contribution < -0.4 is 10.1 Å². The van der Waals surface area contributed by atoms with E-state index < -0.39 is 0 Å². The van der Waals surface area contributed by atoms with Crippen molar-refractivity contribution in [3.05, 3.63) is 57.8 Å². The summed E-state index contributed by atoms with van der Waals surface area (Å²) in [6.07, 6.45) is 1.46. The van der Waals surface area contributed by atoms with Crippen LogP contribution in [0.1, 0.15) is 21.7 Å². The summed E-state index contributed by atoms with van der Waals surface area (Å²) in [4.78, 5) is 21.3. The lowest BCUT2D eigenvalue weighted by Crippen LogP contribution is -2.13. The number of carbonyl (C=O) groups excluding carboxylic acids is 1. The Morgan fingerprint density at radius 2 is 2.00 bits per heavy atom. The number of benzene rings is 1. The van der Waals surface area contributed by atoms with E-state index in [9.17, 15) is 4.79 Å². The maximum absolute atomic E-state index is 12.6. The SMILES string of the molecule is COc1ccc(-n2nc(C)c3c(Cl)c(C(=O)Nc4nc(C)cs4)cnc32)cc1. The second kappa shape index (κ2) is 7.21. The van der Waals surface area contributed by atoms with Gasteiger partial charge in [-0.25, -0.2) is 14.6 Å². The third-order valence-electron chi connectivity index (χ3n) is 4.21. The largest absolute Gasteiger partial charge is 0.497 e. The van der Waals surface area contributed by atoms with E-state index in [2.05, 4.69) is 20.4 Å². The number of fused-ring (bicyclic) bond motifs is 1. The highest BCUT2D eigenvalue weighted by molar-refractivity contribution is 7.13. The van der Waals surface area contributed by atoms with E-state index >= 15 is 0 Å². The van der Waals surface area contributed by atoms with Gasteiger partial charge < -0.3 is 4.74 Å². The molecule has 0 aliphatic heterocycles. The Morgan fingerprint density at radius 3 is 2.64 bits per heavy atom. The van der Waals surface area contributed by atoms with Gasteiger partial charge in [-0.05, 0) is 38.1 Å². The molecule has 0 atom stereocenters. The maximum atomic E-state index is 12.6. The number of halogens is 1. The highest BCUT2D eigenvalue weighted by Crippen LogP contribution is 2.31. The number of thiazole rings is 1. The summed E-state index contributed by atoms with van der Waals surface area (Å²) < 4.78 is 6.89. The molecule has 4 aromatic rings. The van der Waals surface area contributed by atoms with Crippen LogP contribution in [0.2, 0.25) is 5.02 Å². The summed E-state index contributed by atoms with van der Waals surface area (Å²) in [5, 5.41) is 10.6. The number of rotatable bonds is 4. The zero-order chi connectivity index (χ0) is 19.8. The van der Waals surface area contributed by atoms with Gasteiger partial charge in [0.05, 0.1) is 40.2 Å². The molecule has 0 unspecified atom stereocenters. The van der Waals surface area contributed by atoms with E-state index in [1.54, 1.807) is 11.8 Å². The molecule has 3 heterocycles. The van der Waals surface area contributed by atoms with Crippen LogP contribution in [-0.2, 0) is 0 Å². The van der Waals surface area contributed by atoms with Crippen LogP contribution in [0.25, 0.3) is 16.7 Å². The highest BCUT2D eigenvalue weighted by atomic mass is 35.5. The lowest BCUT2D eigenvalue weighted by atomic mass is 10.2. The molecule has 1 amide bonds. The Labute approximate surface area is 170 Å². The number of aryl methyl sites for hydroxylation is 2. The number of amides is 1. The minimum Gasteiger partial charge on any atom is -0.497 e. The van der Waals surface area contributed by atoms with E-state index in [1.165, 1.54) is 17.5 Å². The number of nitrogens with zero attached hydrogens (tertiary/aromatic N) is 4. The van der Waals surface area contributed by atoms with E-state index in [0.717, 1.165) is 17.1 Å². The average Bonchev–Trinajstić information content (AvgIpc) is 3.25. The molecule has 0 fully saturated rings. The molecule has 0 saturated heterocycles. The van der Waals surface area contributed by atoms with Gasteiger partial charge >= 0.3 is 0 Å². The first-order chi connectivity index (χ1) is 13.5. The van der Waals surface area contributed by atoms with Crippen molar-refractivity contribution in [2.75, 3.05) is 12.4 Å². The van der Waals surface area contributed by atoms with Crippen LogP contribution in [0, 0.1) is 13.8 Å². The van der Waals surface area contributed by atoms with Gasteiger partial charge in [-0.2, -0.15) is 5.10 Å². The van der Waals surface area contributed by atoms with Crippen LogP contribution in [0.5, 0.6) is 5.75 Å². The van der Waals surface area contributed by atoms with Gasteiger partial charge in [0.15, 0.2) is 10.8 Å². The lowest BCUT2D eigenvalue weighted by Gasteiger charge is -2.07. The molecular weight excluding hydrogens is 398 g/mol. The molecule has 3 aromatic heterocycles. The molecule has 0 aliphatic rings. The fraction of sp³-hybridized carbons (Fsp3) is 0.158. The Hall–Kier alpha value is -2.97. The summed E-state index contributed by atoms with van der Waals surface area (Å²) in [7, 11) is 1.61. The van der Waals surface area contributed by atoms with Crippen molar-refractivity contribution in [3.63, 3.8) is 0 Å². The number of anilines is 1. The van der Waals surface area contributed by atoms with Gasteiger partial charge in [-0.1, -0.05) is 11.6 Å². The molecule has 7 nitrogen and oxygen atoms in total. The first-order valence-electron chi connectivity index (χ1n) is 8.39. The van der Waals surface area contributed by atoms with E-state index in [1.807, 2.05) is 43.5 Å². The van der Waals surface area contributed by atoms with Gasteiger partial charge in [0.25, 0.3) is 5.91 Å². The molecule has 0 bridgehead atoms. The van der Waals surface area contributed by atoms with Crippen molar-refractivity contribution in [2.24, 2.45) is 0 Å². The summed E-state index contributed by atoms with van der Waals surface area (Å²) in [6, 6.07) is 7.45. The predicted octanol–water partition coefficient (Wildman–Crippen LogP) is 4.41. The number of pyridine rings is 1. The zero-order valence-electron chi connectivity index (χ0n) is 15.4. The number of aromatic nitrogens is 4. The number of hydrogen-bond donors (Lipinski definition) is 1. The summed E-state index contributed by atoms with van der Waals surface area (Å²) in [6.45, 7) is 3.70. The molecule has 4 rings (SSSR count). The predicted molar refractivity (Wildman–Crippen MR) is 110 cm³/mol. The third-order valence-corrected chi connectivity index (χ3v) is 5.48. The van der Waals surface area contributed by atoms with Crippen LogP contribution in [0.3, 0.4) is 0 Å². The highest BCUT2D eigenvalue weighted by Gasteiger charge is 2.20. The average molecular weight is 414 g/mol. The van der Waals surface area contributed by atoms with Crippen LogP contribution in [-0.4, -0.2) is 32.8 Å². The molecule has 142 valence electrons. The molecular formula is C19H16ClN5O2S. The van der Waals surface area contributed by atoms with E-state index in [4.69, 9.17) is 16.3 Å².